The van der Waals surface area contributed by atoms with Crippen LogP contribution in [-0.2, 0) is 4.74 Å². The Morgan fingerprint density at radius 2 is 1.74 bits per heavy atom. The summed E-state index contributed by atoms with van der Waals surface area (Å²) in [6.07, 6.45) is 9.20. The number of amides is 1. The highest BCUT2D eigenvalue weighted by atomic mass is 16.5. The number of hydrogen-bond donors (Lipinski definition) is 4. The van der Waals surface area contributed by atoms with Crippen LogP contribution < -0.4 is 21.3 Å². The van der Waals surface area contributed by atoms with E-state index >= 15 is 0 Å². The maximum Gasteiger partial charge on any atom is 0.251 e. The van der Waals surface area contributed by atoms with Crippen LogP contribution in [0.25, 0.3) is 5.76 Å². The van der Waals surface area contributed by atoms with Gasteiger partial charge in [-0.05, 0) is 94.5 Å². The molecule has 3 heterocycles. The van der Waals surface area contributed by atoms with E-state index in [9.17, 15) is 4.79 Å². The first-order valence-electron chi connectivity index (χ1n) is 12.5. The van der Waals surface area contributed by atoms with Gasteiger partial charge in [-0.2, -0.15) is 0 Å². The summed E-state index contributed by atoms with van der Waals surface area (Å²) >= 11 is 0. The second-order valence-corrected chi connectivity index (χ2v) is 9.47. The average molecular weight is 463 g/mol. The molecule has 8 nitrogen and oxygen atoms in total. The van der Waals surface area contributed by atoms with Crippen molar-refractivity contribution in [1.29, 1.82) is 0 Å². The van der Waals surface area contributed by atoms with Gasteiger partial charge in [-0.3, -0.25) is 4.79 Å². The topological polar surface area (TPSA) is 100 Å². The second kappa shape index (κ2) is 10.5. The highest BCUT2D eigenvalue weighted by Crippen LogP contribution is 2.35. The van der Waals surface area contributed by atoms with Crippen LogP contribution in [0.1, 0.15) is 66.6 Å². The second-order valence-electron chi connectivity index (χ2n) is 9.47. The maximum absolute atomic E-state index is 12.6. The first-order valence-corrected chi connectivity index (χ1v) is 12.5. The molecule has 1 atom stereocenters. The quantitative estimate of drug-likeness (QED) is 0.523. The molecular weight excluding hydrogens is 428 g/mol. The van der Waals surface area contributed by atoms with E-state index in [2.05, 4.69) is 39.3 Å². The van der Waals surface area contributed by atoms with Gasteiger partial charge in [0.1, 0.15) is 17.6 Å². The van der Waals surface area contributed by atoms with Gasteiger partial charge in [0.25, 0.3) is 5.91 Å². The lowest BCUT2D eigenvalue weighted by Crippen LogP contribution is -2.42. The number of nitrogens with zero attached hydrogens (tertiary/aromatic N) is 2. The molecule has 1 amide bonds. The molecule has 2 fully saturated rings. The first kappa shape index (κ1) is 22.8. The summed E-state index contributed by atoms with van der Waals surface area (Å²) in [6, 6.07) is 7.71. The monoisotopic (exact) mass is 462 g/mol. The van der Waals surface area contributed by atoms with Crippen LogP contribution in [0.3, 0.4) is 0 Å². The lowest BCUT2D eigenvalue weighted by atomic mass is 9.91. The van der Waals surface area contributed by atoms with Crippen LogP contribution in [0.15, 0.2) is 36.5 Å². The predicted octanol–water partition coefficient (Wildman–Crippen LogP) is 3.32. The van der Waals surface area contributed by atoms with Gasteiger partial charge in [0.2, 0.25) is 5.95 Å². The van der Waals surface area contributed by atoms with E-state index in [4.69, 9.17) is 9.72 Å². The van der Waals surface area contributed by atoms with Gasteiger partial charge in [-0.25, -0.2) is 9.97 Å². The normalized spacial score (nSPS) is 21.3. The lowest BCUT2D eigenvalue weighted by molar-refractivity contribution is 0.0929. The van der Waals surface area contributed by atoms with Crippen LogP contribution in [0, 0.1) is 0 Å². The van der Waals surface area contributed by atoms with Gasteiger partial charge < -0.3 is 26.0 Å². The zero-order chi connectivity index (χ0) is 23.3. The molecule has 180 valence electrons. The van der Waals surface area contributed by atoms with Crippen molar-refractivity contribution < 1.29 is 9.53 Å². The molecule has 0 bridgehead atoms. The minimum atomic E-state index is -0.0256. The number of fused-ring (bicyclic) bond motifs is 1. The Hall–Kier alpha value is -2.97. The SMILES string of the molecule is CC1CC=C(OC2CCNCC2)c2nc(Nc3ccc(C(=O)NC4CCNCC4)cc3)ncc21. The molecule has 1 aromatic heterocycles. The Morgan fingerprint density at radius 3 is 2.47 bits per heavy atom. The molecule has 0 saturated carbocycles. The largest absolute Gasteiger partial charge is 0.488 e. The van der Waals surface area contributed by atoms with Crippen LogP contribution in [-0.4, -0.2) is 54.2 Å². The fourth-order valence-electron chi connectivity index (χ4n) is 4.78. The van der Waals surface area contributed by atoms with E-state index in [1.165, 1.54) is 0 Å². The van der Waals surface area contributed by atoms with Crippen molar-refractivity contribution in [2.24, 2.45) is 0 Å². The van der Waals surface area contributed by atoms with E-state index in [1.807, 2.05) is 30.5 Å². The Kier molecular flexibility index (Phi) is 7.06. The molecular formula is C26H34N6O2. The number of allylic oxidation sites excluding steroid dienone is 1. The summed E-state index contributed by atoms with van der Waals surface area (Å²) < 4.78 is 6.37. The fourth-order valence-corrected chi connectivity index (χ4v) is 4.78. The summed E-state index contributed by atoms with van der Waals surface area (Å²) in [7, 11) is 0. The molecule has 1 unspecified atom stereocenters. The molecule has 1 aliphatic carbocycles. The third kappa shape index (κ3) is 5.39. The van der Waals surface area contributed by atoms with Crippen LogP contribution in [0.4, 0.5) is 11.6 Å². The molecule has 4 N–H and O–H groups in total. The molecule has 1 aromatic carbocycles. The van der Waals surface area contributed by atoms with Crippen LogP contribution in [0.5, 0.6) is 0 Å². The minimum Gasteiger partial charge on any atom is -0.488 e. The minimum absolute atomic E-state index is 0.0256. The number of carbonyl (C=O) groups excluding carboxylic acids is 1. The zero-order valence-corrected chi connectivity index (χ0v) is 19.8. The number of anilines is 2. The molecule has 2 aromatic rings. The molecule has 0 radical (unpaired) electrons. The Morgan fingerprint density at radius 1 is 1.03 bits per heavy atom. The number of ether oxygens (including phenoxy) is 1. The molecule has 8 heteroatoms. The summed E-state index contributed by atoms with van der Waals surface area (Å²) in [6.45, 7) is 6.08. The van der Waals surface area contributed by atoms with E-state index in [-0.39, 0.29) is 18.1 Å². The smallest absolute Gasteiger partial charge is 0.251 e. The average Bonchev–Trinajstić information content (AvgIpc) is 2.87. The summed E-state index contributed by atoms with van der Waals surface area (Å²) in [5.41, 5.74) is 3.51. The number of rotatable bonds is 6. The maximum atomic E-state index is 12.6. The molecule has 34 heavy (non-hydrogen) atoms. The van der Waals surface area contributed by atoms with Gasteiger partial charge in [-0.1, -0.05) is 6.92 Å². The van der Waals surface area contributed by atoms with Gasteiger partial charge in [0.15, 0.2) is 0 Å². The summed E-state index contributed by atoms with van der Waals surface area (Å²) in [5, 5.41) is 13.1. The number of benzene rings is 1. The Bertz CT molecular complexity index is 1030. The summed E-state index contributed by atoms with van der Waals surface area (Å²) in [4.78, 5) is 22.0. The Balaban J connectivity index is 1.26. The molecule has 2 saturated heterocycles. The van der Waals surface area contributed by atoms with Crippen molar-refractivity contribution in [3.05, 3.63) is 53.4 Å². The lowest BCUT2D eigenvalue weighted by Gasteiger charge is -2.28. The number of aromatic nitrogens is 2. The van der Waals surface area contributed by atoms with Gasteiger partial charge in [0, 0.05) is 29.1 Å². The van der Waals surface area contributed by atoms with Crippen molar-refractivity contribution in [2.75, 3.05) is 31.5 Å². The third-order valence-corrected chi connectivity index (χ3v) is 6.90. The van der Waals surface area contributed by atoms with Crippen molar-refractivity contribution in [3.63, 3.8) is 0 Å². The highest BCUT2D eigenvalue weighted by Gasteiger charge is 2.25. The van der Waals surface area contributed by atoms with Gasteiger partial charge >= 0.3 is 0 Å². The summed E-state index contributed by atoms with van der Waals surface area (Å²) in [5.74, 6) is 1.74. The van der Waals surface area contributed by atoms with Crippen molar-refractivity contribution in [1.82, 2.24) is 25.9 Å². The molecule has 2 aliphatic heterocycles. The molecule has 0 spiro atoms. The van der Waals surface area contributed by atoms with E-state index in [0.29, 0.717) is 17.4 Å². The van der Waals surface area contributed by atoms with Gasteiger partial charge in [0.05, 0.1) is 0 Å². The number of piperidine rings is 2. The van der Waals surface area contributed by atoms with Crippen LogP contribution >= 0.6 is 0 Å². The fraction of sp³-hybridized carbons (Fsp3) is 0.500. The van der Waals surface area contributed by atoms with Crippen molar-refractivity contribution in [2.45, 2.75) is 57.1 Å². The number of nitrogens with one attached hydrogen (secondary N) is 4. The van der Waals surface area contributed by atoms with Crippen molar-refractivity contribution in [3.8, 4) is 0 Å². The molecule has 3 aliphatic rings. The third-order valence-electron chi connectivity index (χ3n) is 6.90. The Labute approximate surface area is 201 Å². The molecule has 5 rings (SSSR count). The first-order chi connectivity index (χ1) is 16.7. The predicted molar refractivity (Wildman–Crippen MR) is 133 cm³/mol. The van der Waals surface area contributed by atoms with E-state index in [1.54, 1.807) is 0 Å². The zero-order valence-electron chi connectivity index (χ0n) is 19.8. The number of hydrogen-bond acceptors (Lipinski definition) is 7. The van der Waals surface area contributed by atoms with Crippen LogP contribution in [0.2, 0.25) is 0 Å². The number of carbonyl (C=O) groups is 1. The standard InChI is InChI=1S/C26H34N6O2/c1-17-2-7-23(34-21-10-14-28-15-11-21)24-22(17)16-29-26(32-24)31-19-5-3-18(4-6-19)25(33)30-20-8-12-27-13-9-20/h3-7,16-17,20-21,27-28H,2,8-15H2,1H3,(H,30,33)(H,29,31,32). The highest BCUT2D eigenvalue weighted by molar-refractivity contribution is 5.94. The van der Waals surface area contributed by atoms with E-state index in [0.717, 1.165) is 81.0 Å². The van der Waals surface area contributed by atoms with Crippen molar-refractivity contribution >= 4 is 23.3 Å². The van der Waals surface area contributed by atoms with Gasteiger partial charge in [-0.15, -0.1) is 0 Å². The van der Waals surface area contributed by atoms with E-state index < -0.39 is 0 Å².